The van der Waals surface area contributed by atoms with Crippen molar-refractivity contribution in [3.8, 4) is 0 Å². The highest BCUT2D eigenvalue weighted by molar-refractivity contribution is 7.87. The topological polar surface area (TPSA) is 74.1 Å². The van der Waals surface area contributed by atoms with Crippen LogP contribution in [0.5, 0.6) is 0 Å². The fourth-order valence-electron chi connectivity index (χ4n) is 1.91. The summed E-state index contributed by atoms with van der Waals surface area (Å²) in [6.45, 7) is 0. The van der Waals surface area contributed by atoms with Crippen molar-refractivity contribution in [2.45, 2.75) is 11.1 Å². The van der Waals surface area contributed by atoms with E-state index in [0.29, 0.717) is 0 Å². The van der Waals surface area contributed by atoms with Crippen molar-refractivity contribution >= 4 is 44.5 Å². The van der Waals surface area contributed by atoms with Crippen LogP contribution in [0.25, 0.3) is 11.2 Å². The molecule has 0 aliphatic carbocycles. The first-order valence-corrected chi connectivity index (χ1v) is 8.56. The Bertz CT molecular complexity index is 1050. The Kier molecular flexibility index (Phi) is 4.30. The van der Waals surface area contributed by atoms with E-state index >= 15 is 0 Å². The van der Waals surface area contributed by atoms with Gasteiger partial charge in [-0.25, -0.2) is 9.97 Å². The van der Waals surface area contributed by atoms with Gasteiger partial charge in [0, 0.05) is 11.2 Å². The molecule has 0 bridgehead atoms. The van der Waals surface area contributed by atoms with Crippen LogP contribution in [-0.2, 0) is 16.3 Å². The lowest BCUT2D eigenvalue weighted by Gasteiger charge is -2.12. The smallest absolute Gasteiger partial charge is 0.282 e. The van der Waals surface area contributed by atoms with Crippen LogP contribution in [0.3, 0.4) is 0 Å². The lowest BCUT2D eigenvalue weighted by Crippen LogP contribution is -2.25. The van der Waals surface area contributed by atoms with Gasteiger partial charge in [-0.3, -0.25) is 4.28 Å². The summed E-state index contributed by atoms with van der Waals surface area (Å²) in [6.07, 6.45) is -3.90. The molecule has 1 aromatic carbocycles. The molecule has 0 N–H and O–H groups in total. The molecule has 0 aliphatic heterocycles. The first-order valence-electron chi connectivity index (χ1n) is 6.40. The highest BCUT2D eigenvalue weighted by atomic mass is 35.5. The van der Waals surface area contributed by atoms with E-state index in [1.165, 1.54) is 12.1 Å². The van der Waals surface area contributed by atoms with Crippen molar-refractivity contribution in [1.82, 2.24) is 14.7 Å². The number of halogens is 5. The predicted octanol–water partition coefficient (Wildman–Crippen LogP) is 3.57. The second kappa shape index (κ2) is 6.04. The second-order valence-electron chi connectivity index (χ2n) is 4.71. The molecule has 3 rings (SSSR count). The SMILES string of the molecule is O=S(=O)(On1c(C(F)(F)F)nc2ncc(Cl)cc21)c1ccc(Cl)cc1. The van der Waals surface area contributed by atoms with E-state index in [0.717, 1.165) is 24.4 Å². The van der Waals surface area contributed by atoms with Gasteiger partial charge in [0.15, 0.2) is 5.65 Å². The summed E-state index contributed by atoms with van der Waals surface area (Å²) < 4.78 is 68.8. The van der Waals surface area contributed by atoms with Gasteiger partial charge in [-0.2, -0.15) is 21.6 Å². The number of hydrogen-bond acceptors (Lipinski definition) is 5. The average Bonchev–Trinajstić information content (AvgIpc) is 2.85. The van der Waals surface area contributed by atoms with E-state index in [9.17, 15) is 21.6 Å². The van der Waals surface area contributed by atoms with Crippen molar-refractivity contribution in [2.24, 2.45) is 0 Å². The standard InChI is InChI=1S/C13H6Cl2F3N3O3S/c14-7-1-3-9(4-2-7)25(22,23)24-21-10-5-8(15)6-19-11(10)20-12(21)13(16,17)18/h1-6H. The summed E-state index contributed by atoms with van der Waals surface area (Å²) in [7, 11) is -4.59. The quantitative estimate of drug-likeness (QED) is 0.658. The van der Waals surface area contributed by atoms with Crippen molar-refractivity contribution in [2.75, 3.05) is 0 Å². The molecule has 0 aliphatic rings. The van der Waals surface area contributed by atoms with E-state index in [1.807, 2.05) is 0 Å². The van der Waals surface area contributed by atoms with E-state index < -0.39 is 22.1 Å². The zero-order valence-corrected chi connectivity index (χ0v) is 14.2. The molecule has 12 heteroatoms. The monoisotopic (exact) mass is 411 g/mol. The minimum absolute atomic E-state index is 0.0186. The van der Waals surface area contributed by atoms with E-state index in [2.05, 4.69) is 14.3 Å². The number of fused-ring (bicyclic) bond motifs is 1. The molecule has 0 spiro atoms. The zero-order chi connectivity index (χ0) is 18.4. The number of alkyl halides is 3. The molecular weight excluding hydrogens is 406 g/mol. The van der Waals surface area contributed by atoms with Crippen LogP contribution in [0, 0.1) is 0 Å². The summed E-state index contributed by atoms with van der Waals surface area (Å²) >= 11 is 11.4. The van der Waals surface area contributed by atoms with Crippen LogP contribution in [0.4, 0.5) is 13.2 Å². The largest absolute Gasteiger partial charge is 0.453 e. The van der Waals surface area contributed by atoms with E-state index in [4.69, 9.17) is 23.2 Å². The third-order valence-corrected chi connectivity index (χ3v) is 4.62. The first-order chi connectivity index (χ1) is 11.6. The molecule has 2 heterocycles. The molecule has 3 aromatic rings. The summed E-state index contributed by atoms with van der Waals surface area (Å²) in [4.78, 5) is 6.52. The maximum atomic E-state index is 13.2. The van der Waals surface area contributed by atoms with Gasteiger partial charge in [0.25, 0.3) is 5.82 Å². The van der Waals surface area contributed by atoms with Crippen LogP contribution in [-0.4, -0.2) is 23.1 Å². The summed E-state index contributed by atoms with van der Waals surface area (Å²) in [5.74, 6) is -1.59. The lowest BCUT2D eigenvalue weighted by molar-refractivity contribution is -0.151. The minimum atomic E-state index is -4.98. The van der Waals surface area contributed by atoms with Crippen LogP contribution in [0.15, 0.2) is 41.4 Å². The third kappa shape index (κ3) is 3.51. The highest BCUT2D eigenvalue weighted by Gasteiger charge is 2.40. The maximum Gasteiger partial charge on any atom is 0.453 e. The van der Waals surface area contributed by atoms with Crippen LogP contribution in [0.2, 0.25) is 10.0 Å². The fourth-order valence-corrected chi connectivity index (χ4v) is 3.09. The molecule has 0 unspecified atom stereocenters. The van der Waals surface area contributed by atoms with E-state index in [-0.39, 0.29) is 30.8 Å². The van der Waals surface area contributed by atoms with Gasteiger partial charge in [0.05, 0.1) is 5.02 Å². The van der Waals surface area contributed by atoms with Gasteiger partial charge in [-0.1, -0.05) is 23.2 Å². The Morgan fingerprint density at radius 2 is 1.72 bits per heavy atom. The number of rotatable bonds is 3. The molecule has 0 saturated heterocycles. The summed E-state index contributed by atoms with van der Waals surface area (Å²) in [5, 5.41) is 0.230. The van der Waals surface area contributed by atoms with Crippen molar-refractivity contribution in [3.05, 3.63) is 52.4 Å². The maximum absolute atomic E-state index is 13.2. The summed E-state index contributed by atoms with van der Waals surface area (Å²) in [6, 6.07) is 5.76. The highest BCUT2D eigenvalue weighted by Crippen LogP contribution is 2.31. The number of hydrogen-bond donors (Lipinski definition) is 0. The number of nitrogens with zero attached hydrogens (tertiary/aromatic N) is 3. The van der Waals surface area contributed by atoms with Gasteiger partial charge in [-0.05, 0) is 30.3 Å². The number of benzene rings is 1. The van der Waals surface area contributed by atoms with Crippen molar-refractivity contribution in [3.63, 3.8) is 0 Å². The Balaban J connectivity index is 2.17. The van der Waals surface area contributed by atoms with Crippen LogP contribution < -0.4 is 4.28 Å². The molecule has 132 valence electrons. The fraction of sp³-hybridized carbons (Fsp3) is 0.0769. The molecular formula is C13H6Cl2F3N3O3S. The molecule has 2 aromatic heterocycles. The molecule has 0 radical (unpaired) electrons. The molecule has 25 heavy (non-hydrogen) atoms. The lowest BCUT2D eigenvalue weighted by atomic mass is 10.4. The number of imidazole rings is 1. The Hall–Kier alpha value is -2.04. The minimum Gasteiger partial charge on any atom is -0.282 e. The molecule has 6 nitrogen and oxygen atoms in total. The first kappa shape index (κ1) is 17.8. The zero-order valence-electron chi connectivity index (χ0n) is 11.8. The van der Waals surface area contributed by atoms with Crippen LogP contribution in [0.1, 0.15) is 5.82 Å². The van der Waals surface area contributed by atoms with E-state index in [1.54, 1.807) is 0 Å². The third-order valence-electron chi connectivity index (χ3n) is 2.97. The van der Waals surface area contributed by atoms with Gasteiger partial charge >= 0.3 is 16.3 Å². The van der Waals surface area contributed by atoms with Gasteiger partial charge in [-0.15, -0.1) is 4.73 Å². The second-order valence-corrected chi connectivity index (χ2v) is 7.11. The van der Waals surface area contributed by atoms with Gasteiger partial charge in [0.1, 0.15) is 10.4 Å². The Morgan fingerprint density at radius 3 is 2.32 bits per heavy atom. The Labute approximate surface area is 148 Å². The normalized spacial score (nSPS) is 12.5. The predicted molar refractivity (Wildman–Crippen MR) is 82.8 cm³/mol. The van der Waals surface area contributed by atoms with Gasteiger partial charge in [0.2, 0.25) is 0 Å². The van der Waals surface area contributed by atoms with Crippen molar-refractivity contribution in [1.29, 1.82) is 0 Å². The Morgan fingerprint density at radius 1 is 1.08 bits per heavy atom. The van der Waals surface area contributed by atoms with Crippen molar-refractivity contribution < 1.29 is 25.9 Å². The molecule has 0 fully saturated rings. The molecule has 0 amide bonds. The number of aromatic nitrogens is 3. The summed E-state index contributed by atoms with van der Waals surface area (Å²) in [5.41, 5.74) is -0.722. The average molecular weight is 412 g/mol. The number of pyridine rings is 1. The molecule has 0 atom stereocenters. The molecule has 0 saturated carbocycles. The van der Waals surface area contributed by atoms with Gasteiger partial charge < -0.3 is 0 Å². The van der Waals surface area contributed by atoms with Crippen LogP contribution >= 0.6 is 23.2 Å².